The van der Waals surface area contributed by atoms with Crippen LogP contribution in [-0.2, 0) is 6.54 Å². The van der Waals surface area contributed by atoms with Crippen molar-refractivity contribution in [1.29, 1.82) is 0 Å². The second kappa shape index (κ2) is 10.6. The lowest BCUT2D eigenvalue weighted by molar-refractivity contribution is 0.612. The first kappa shape index (κ1) is 23.2. The Kier molecular flexibility index (Phi) is 8.48. The molecule has 1 aliphatic rings. The van der Waals surface area contributed by atoms with E-state index in [0.29, 0.717) is 18.9 Å². The van der Waals surface area contributed by atoms with Crippen LogP contribution in [0.15, 0.2) is 41.5 Å². The third kappa shape index (κ3) is 5.94. The third-order valence-electron chi connectivity index (χ3n) is 5.08. The van der Waals surface area contributed by atoms with E-state index < -0.39 is 0 Å². The van der Waals surface area contributed by atoms with Crippen LogP contribution in [0, 0.1) is 12.7 Å². The van der Waals surface area contributed by atoms with E-state index in [-0.39, 0.29) is 35.8 Å². The number of halogens is 2. The molecule has 0 aliphatic carbocycles. The minimum atomic E-state index is -0.276. The van der Waals surface area contributed by atoms with Crippen molar-refractivity contribution in [2.45, 2.75) is 25.9 Å². The minimum Gasteiger partial charge on any atom is -0.378 e. The van der Waals surface area contributed by atoms with Crippen LogP contribution in [0.1, 0.15) is 17.5 Å². The van der Waals surface area contributed by atoms with Gasteiger partial charge in [0.1, 0.15) is 0 Å². The van der Waals surface area contributed by atoms with Crippen LogP contribution in [0.4, 0.5) is 15.9 Å². The van der Waals surface area contributed by atoms with Gasteiger partial charge in [-0.05, 0) is 48.7 Å². The summed E-state index contributed by atoms with van der Waals surface area (Å²) in [4.78, 5) is 12.6. The van der Waals surface area contributed by atoms with E-state index in [2.05, 4.69) is 50.6 Å². The molecular formula is C21H30FIN6. The zero-order valence-electron chi connectivity index (χ0n) is 17.4. The molecule has 1 fully saturated rings. The number of hydrogen-bond acceptors (Lipinski definition) is 4. The van der Waals surface area contributed by atoms with Crippen LogP contribution in [0.3, 0.4) is 0 Å². The molecule has 0 spiro atoms. The van der Waals surface area contributed by atoms with Crippen LogP contribution in [0.25, 0.3) is 0 Å². The van der Waals surface area contributed by atoms with Gasteiger partial charge in [-0.2, -0.15) is 0 Å². The molecule has 0 bridgehead atoms. The molecule has 0 amide bonds. The van der Waals surface area contributed by atoms with Crippen molar-refractivity contribution < 1.29 is 4.39 Å². The van der Waals surface area contributed by atoms with Gasteiger partial charge in [-0.15, -0.1) is 24.0 Å². The van der Waals surface area contributed by atoms with Crippen molar-refractivity contribution in [3.63, 3.8) is 0 Å². The first-order valence-electron chi connectivity index (χ1n) is 9.57. The van der Waals surface area contributed by atoms with Crippen LogP contribution < -0.4 is 20.4 Å². The molecule has 0 radical (unpaired) electrons. The Hall–Kier alpha value is -2.10. The molecule has 2 N–H and O–H groups in total. The second-order valence-electron chi connectivity index (χ2n) is 7.32. The lowest BCUT2D eigenvalue weighted by atomic mass is 10.1. The highest BCUT2D eigenvalue weighted by Crippen LogP contribution is 2.21. The van der Waals surface area contributed by atoms with Gasteiger partial charge in [0, 0.05) is 58.7 Å². The molecule has 6 nitrogen and oxygen atoms in total. The topological polar surface area (TPSA) is 55.8 Å². The van der Waals surface area contributed by atoms with Crippen LogP contribution in [0.5, 0.6) is 0 Å². The molecule has 2 heterocycles. The van der Waals surface area contributed by atoms with E-state index in [1.54, 1.807) is 19.3 Å². The molecule has 8 heteroatoms. The number of nitrogens with one attached hydrogen (secondary N) is 2. The van der Waals surface area contributed by atoms with Crippen molar-refractivity contribution >= 4 is 41.4 Å². The van der Waals surface area contributed by atoms with Gasteiger partial charge in [0.15, 0.2) is 17.6 Å². The lowest BCUT2D eigenvalue weighted by Crippen LogP contribution is -2.44. The molecule has 0 saturated carbocycles. The maximum atomic E-state index is 14.0. The molecule has 1 aromatic heterocycles. The standard InChI is InChI=1S/C21H29FN6.HI/c1-15-12-18(27(3)4)8-7-16(15)13-25-21(23-2)26-17-9-11-28(14-17)20-19(22)6-5-10-24-20;/h5-8,10,12,17H,9,11,13-14H2,1-4H3,(H2,23,25,26);1H. The first-order chi connectivity index (χ1) is 13.5. The van der Waals surface area contributed by atoms with Crippen molar-refractivity contribution in [2.75, 3.05) is 44.0 Å². The number of anilines is 2. The Morgan fingerprint density at radius 2 is 2.14 bits per heavy atom. The summed E-state index contributed by atoms with van der Waals surface area (Å²) < 4.78 is 14.0. The third-order valence-corrected chi connectivity index (χ3v) is 5.08. The average molecular weight is 512 g/mol. The Morgan fingerprint density at radius 3 is 2.79 bits per heavy atom. The van der Waals surface area contributed by atoms with E-state index in [9.17, 15) is 4.39 Å². The zero-order chi connectivity index (χ0) is 20.1. The molecule has 1 saturated heterocycles. The number of rotatable bonds is 5. The molecule has 1 aromatic carbocycles. The van der Waals surface area contributed by atoms with E-state index in [1.165, 1.54) is 22.9 Å². The molecule has 1 atom stereocenters. The fourth-order valence-electron chi connectivity index (χ4n) is 3.40. The Morgan fingerprint density at radius 1 is 1.34 bits per heavy atom. The Bertz CT molecular complexity index is 842. The number of hydrogen-bond donors (Lipinski definition) is 2. The Labute approximate surface area is 189 Å². The normalized spacial score (nSPS) is 16.4. The van der Waals surface area contributed by atoms with Gasteiger partial charge < -0.3 is 20.4 Å². The monoisotopic (exact) mass is 512 g/mol. The second-order valence-corrected chi connectivity index (χ2v) is 7.32. The number of benzene rings is 1. The van der Waals surface area contributed by atoms with Crippen molar-refractivity contribution in [1.82, 2.24) is 15.6 Å². The van der Waals surface area contributed by atoms with Gasteiger partial charge >= 0.3 is 0 Å². The highest BCUT2D eigenvalue weighted by Gasteiger charge is 2.25. The minimum absolute atomic E-state index is 0. The van der Waals surface area contributed by atoms with Crippen molar-refractivity contribution in [2.24, 2.45) is 4.99 Å². The van der Waals surface area contributed by atoms with E-state index >= 15 is 0 Å². The number of aromatic nitrogens is 1. The summed E-state index contributed by atoms with van der Waals surface area (Å²) >= 11 is 0. The smallest absolute Gasteiger partial charge is 0.191 e. The maximum Gasteiger partial charge on any atom is 0.191 e. The van der Waals surface area contributed by atoms with E-state index in [0.717, 1.165) is 18.9 Å². The fourth-order valence-corrected chi connectivity index (χ4v) is 3.40. The van der Waals surface area contributed by atoms with Crippen LogP contribution >= 0.6 is 24.0 Å². The summed E-state index contributed by atoms with van der Waals surface area (Å²) in [6.45, 7) is 4.29. The first-order valence-corrected chi connectivity index (χ1v) is 9.57. The zero-order valence-corrected chi connectivity index (χ0v) is 19.8. The fraction of sp³-hybridized carbons (Fsp3) is 0.429. The molecule has 1 unspecified atom stereocenters. The highest BCUT2D eigenvalue weighted by molar-refractivity contribution is 14.0. The number of nitrogens with zero attached hydrogens (tertiary/aromatic N) is 4. The summed E-state index contributed by atoms with van der Waals surface area (Å²) in [5.41, 5.74) is 3.67. The van der Waals surface area contributed by atoms with E-state index in [1.807, 2.05) is 19.0 Å². The SMILES string of the molecule is CN=C(NCc1ccc(N(C)C)cc1C)NC1CCN(c2ncccc2F)C1.I. The van der Waals surface area contributed by atoms with Crippen LogP contribution in [0.2, 0.25) is 0 Å². The average Bonchev–Trinajstić information content (AvgIpc) is 3.14. The Balaban J connectivity index is 0.00000300. The van der Waals surface area contributed by atoms with Gasteiger partial charge in [0.05, 0.1) is 0 Å². The van der Waals surface area contributed by atoms with E-state index in [4.69, 9.17) is 0 Å². The van der Waals surface area contributed by atoms with Gasteiger partial charge in [-0.25, -0.2) is 9.37 Å². The van der Waals surface area contributed by atoms with Gasteiger partial charge in [0.25, 0.3) is 0 Å². The van der Waals surface area contributed by atoms with Crippen molar-refractivity contribution in [3.8, 4) is 0 Å². The number of pyridine rings is 1. The predicted octanol–water partition coefficient (Wildman–Crippen LogP) is 3.16. The van der Waals surface area contributed by atoms with Crippen LogP contribution in [-0.4, -0.2) is 51.2 Å². The number of aliphatic imine (C=N–C) groups is 1. The molecular weight excluding hydrogens is 482 g/mol. The van der Waals surface area contributed by atoms with Gasteiger partial charge in [0.2, 0.25) is 0 Å². The maximum absolute atomic E-state index is 14.0. The molecule has 3 rings (SSSR count). The quantitative estimate of drug-likeness (QED) is 0.367. The molecule has 29 heavy (non-hydrogen) atoms. The number of guanidine groups is 1. The largest absolute Gasteiger partial charge is 0.378 e. The van der Waals surface area contributed by atoms with Gasteiger partial charge in [-0.1, -0.05) is 6.07 Å². The number of aryl methyl sites for hydroxylation is 1. The predicted molar refractivity (Wildman–Crippen MR) is 129 cm³/mol. The summed E-state index contributed by atoms with van der Waals surface area (Å²) in [6, 6.07) is 9.72. The van der Waals surface area contributed by atoms with Gasteiger partial charge in [-0.3, -0.25) is 4.99 Å². The summed E-state index contributed by atoms with van der Waals surface area (Å²) in [5, 5.41) is 6.83. The summed E-state index contributed by atoms with van der Waals surface area (Å²) in [7, 11) is 5.85. The molecule has 158 valence electrons. The lowest BCUT2D eigenvalue weighted by Gasteiger charge is -2.20. The molecule has 1 aliphatic heterocycles. The summed E-state index contributed by atoms with van der Waals surface area (Å²) in [5.74, 6) is 0.901. The summed E-state index contributed by atoms with van der Waals surface area (Å²) in [6.07, 6.45) is 2.54. The molecule has 2 aromatic rings. The highest BCUT2D eigenvalue weighted by atomic mass is 127. The van der Waals surface area contributed by atoms with Crippen molar-refractivity contribution in [3.05, 3.63) is 53.5 Å².